The maximum Gasteiger partial charge on any atom is 0.191 e. The third-order valence-corrected chi connectivity index (χ3v) is 4.10. The van der Waals surface area contributed by atoms with E-state index in [1.807, 2.05) is 6.20 Å². The lowest BCUT2D eigenvalue weighted by atomic mass is 9.96. The van der Waals surface area contributed by atoms with Gasteiger partial charge in [-0.25, -0.2) is 0 Å². The molecule has 0 aromatic carbocycles. The first-order valence-corrected chi connectivity index (χ1v) is 8.33. The molecule has 5 nitrogen and oxygen atoms in total. The summed E-state index contributed by atoms with van der Waals surface area (Å²) in [7, 11) is 0. The van der Waals surface area contributed by atoms with Crippen LogP contribution in [0.5, 0.6) is 0 Å². The van der Waals surface area contributed by atoms with Gasteiger partial charge in [-0.05, 0) is 45.1 Å². The quantitative estimate of drug-likeness (QED) is 0.429. The van der Waals surface area contributed by atoms with Crippen LogP contribution in [0.15, 0.2) is 11.2 Å². The van der Waals surface area contributed by atoms with Crippen molar-refractivity contribution in [3.8, 4) is 0 Å². The van der Waals surface area contributed by atoms with Gasteiger partial charge in [0, 0.05) is 24.8 Å². The molecule has 1 fully saturated rings. The maximum absolute atomic E-state index is 4.70. The van der Waals surface area contributed by atoms with Crippen molar-refractivity contribution in [3.05, 3.63) is 17.5 Å². The lowest BCUT2D eigenvalue weighted by Gasteiger charge is -2.24. The summed E-state index contributed by atoms with van der Waals surface area (Å²) in [5, 5.41) is 14.0. The summed E-state index contributed by atoms with van der Waals surface area (Å²) < 4.78 is 0. The largest absolute Gasteiger partial charge is 0.357 e. The molecule has 118 valence electrons. The van der Waals surface area contributed by atoms with E-state index < -0.39 is 0 Å². The minimum absolute atomic E-state index is 0.604. The fourth-order valence-corrected chi connectivity index (χ4v) is 2.85. The molecule has 1 heterocycles. The normalized spacial score (nSPS) is 17.0. The van der Waals surface area contributed by atoms with Crippen molar-refractivity contribution in [2.75, 3.05) is 13.1 Å². The Hall–Kier alpha value is -1.52. The lowest BCUT2D eigenvalue weighted by molar-refractivity contribution is 0.410. The number of aryl methyl sites for hydroxylation is 2. The van der Waals surface area contributed by atoms with E-state index >= 15 is 0 Å². The summed E-state index contributed by atoms with van der Waals surface area (Å²) in [6.07, 6.45) is 10.6. The zero-order chi connectivity index (χ0) is 14.9. The molecule has 0 radical (unpaired) electrons. The Kier molecular flexibility index (Phi) is 6.57. The van der Waals surface area contributed by atoms with Gasteiger partial charge in [0.1, 0.15) is 0 Å². The zero-order valence-corrected chi connectivity index (χ0v) is 13.4. The molecule has 1 aliphatic rings. The van der Waals surface area contributed by atoms with Crippen molar-refractivity contribution in [2.24, 2.45) is 4.99 Å². The summed E-state index contributed by atoms with van der Waals surface area (Å²) in [5.74, 6) is 0.980. The van der Waals surface area contributed by atoms with Gasteiger partial charge in [0.2, 0.25) is 0 Å². The molecular formula is C16H29N5. The van der Waals surface area contributed by atoms with E-state index in [1.165, 1.54) is 43.4 Å². The van der Waals surface area contributed by atoms with Crippen molar-refractivity contribution in [1.29, 1.82) is 0 Å². The zero-order valence-electron chi connectivity index (χ0n) is 13.4. The van der Waals surface area contributed by atoms with Crippen LogP contribution in [0.1, 0.15) is 56.7 Å². The molecule has 1 saturated carbocycles. The van der Waals surface area contributed by atoms with E-state index in [2.05, 4.69) is 34.7 Å². The van der Waals surface area contributed by atoms with Gasteiger partial charge >= 0.3 is 0 Å². The monoisotopic (exact) mass is 291 g/mol. The fraction of sp³-hybridized carbons (Fsp3) is 0.750. The molecule has 0 amide bonds. The van der Waals surface area contributed by atoms with Crippen molar-refractivity contribution >= 4 is 5.96 Å². The molecule has 21 heavy (non-hydrogen) atoms. The van der Waals surface area contributed by atoms with Crippen molar-refractivity contribution in [3.63, 3.8) is 0 Å². The molecule has 0 unspecified atom stereocenters. The number of nitrogens with one attached hydrogen (secondary N) is 3. The minimum atomic E-state index is 0.604. The highest BCUT2D eigenvalue weighted by atomic mass is 15.2. The molecule has 0 spiro atoms. The molecule has 2 rings (SSSR count). The van der Waals surface area contributed by atoms with Gasteiger partial charge in [-0.3, -0.25) is 10.1 Å². The van der Waals surface area contributed by atoms with Gasteiger partial charge in [-0.2, -0.15) is 5.10 Å². The number of rotatable bonds is 6. The van der Waals surface area contributed by atoms with Crippen LogP contribution in [0.25, 0.3) is 0 Å². The molecule has 1 aliphatic carbocycles. The van der Waals surface area contributed by atoms with Gasteiger partial charge in [0.15, 0.2) is 5.96 Å². The van der Waals surface area contributed by atoms with Gasteiger partial charge in [0.25, 0.3) is 0 Å². The summed E-state index contributed by atoms with van der Waals surface area (Å²) >= 11 is 0. The summed E-state index contributed by atoms with van der Waals surface area (Å²) in [4.78, 5) is 4.70. The molecule has 3 N–H and O–H groups in total. The van der Waals surface area contributed by atoms with Crippen LogP contribution in [-0.2, 0) is 6.42 Å². The van der Waals surface area contributed by atoms with Crippen LogP contribution in [0, 0.1) is 6.92 Å². The summed E-state index contributed by atoms with van der Waals surface area (Å²) in [6.45, 7) is 5.96. The number of hydrogen-bond donors (Lipinski definition) is 3. The average molecular weight is 291 g/mol. The van der Waals surface area contributed by atoms with E-state index in [0.29, 0.717) is 6.04 Å². The first kappa shape index (κ1) is 15.9. The first-order chi connectivity index (χ1) is 10.3. The van der Waals surface area contributed by atoms with Crippen LogP contribution in [0.4, 0.5) is 0 Å². The van der Waals surface area contributed by atoms with Crippen molar-refractivity contribution < 1.29 is 0 Å². The molecule has 0 bridgehead atoms. The standard InChI is InChI=1S/C16H29N5/c1-3-17-16(20-15-9-5-4-6-10-15)18-11-7-8-14-12-19-21-13(14)2/h12,15H,3-11H2,1-2H3,(H,19,21)(H2,17,18,20). The number of aromatic amines is 1. The Morgan fingerprint density at radius 2 is 2.19 bits per heavy atom. The molecule has 1 aromatic heterocycles. The van der Waals surface area contributed by atoms with Crippen LogP contribution in [0.3, 0.4) is 0 Å². The lowest BCUT2D eigenvalue weighted by Crippen LogP contribution is -2.44. The number of guanidine groups is 1. The van der Waals surface area contributed by atoms with Crippen LogP contribution in [-0.4, -0.2) is 35.3 Å². The Bertz CT molecular complexity index is 432. The predicted molar refractivity (Wildman–Crippen MR) is 87.6 cm³/mol. The molecule has 0 saturated heterocycles. The number of aromatic nitrogens is 2. The smallest absolute Gasteiger partial charge is 0.191 e. The van der Waals surface area contributed by atoms with Gasteiger partial charge < -0.3 is 10.6 Å². The number of aliphatic imine (C=N–C) groups is 1. The molecule has 5 heteroatoms. The molecule has 0 atom stereocenters. The van der Waals surface area contributed by atoms with Crippen LogP contribution in [0.2, 0.25) is 0 Å². The number of H-pyrrole nitrogens is 1. The maximum atomic E-state index is 4.70. The second-order valence-electron chi connectivity index (χ2n) is 5.86. The topological polar surface area (TPSA) is 65.1 Å². The van der Waals surface area contributed by atoms with Gasteiger partial charge in [-0.1, -0.05) is 19.3 Å². The molecule has 1 aromatic rings. The highest BCUT2D eigenvalue weighted by Gasteiger charge is 2.14. The highest BCUT2D eigenvalue weighted by molar-refractivity contribution is 5.80. The Balaban J connectivity index is 1.75. The van der Waals surface area contributed by atoms with E-state index in [4.69, 9.17) is 4.99 Å². The van der Waals surface area contributed by atoms with Crippen LogP contribution < -0.4 is 10.6 Å². The molecular weight excluding hydrogens is 262 g/mol. The van der Waals surface area contributed by atoms with E-state index in [-0.39, 0.29) is 0 Å². The molecule has 0 aliphatic heterocycles. The second kappa shape index (κ2) is 8.70. The minimum Gasteiger partial charge on any atom is -0.357 e. The Morgan fingerprint density at radius 1 is 1.38 bits per heavy atom. The second-order valence-corrected chi connectivity index (χ2v) is 5.86. The summed E-state index contributed by atoms with van der Waals surface area (Å²) in [6, 6.07) is 0.604. The van der Waals surface area contributed by atoms with Gasteiger partial charge in [-0.15, -0.1) is 0 Å². The van der Waals surface area contributed by atoms with E-state index in [0.717, 1.165) is 31.9 Å². The Labute approximate surface area is 128 Å². The predicted octanol–water partition coefficient (Wildman–Crippen LogP) is 2.54. The highest BCUT2D eigenvalue weighted by Crippen LogP contribution is 2.17. The summed E-state index contributed by atoms with van der Waals surface area (Å²) in [5.41, 5.74) is 2.47. The SMILES string of the molecule is CCNC(=NCCCc1cn[nH]c1C)NC1CCCCC1. The first-order valence-electron chi connectivity index (χ1n) is 8.33. The third kappa shape index (κ3) is 5.40. The van der Waals surface area contributed by atoms with E-state index in [9.17, 15) is 0 Å². The number of hydrogen-bond acceptors (Lipinski definition) is 2. The Morgan fingerprint density at radius 3 is 2.86 bits per heavy atom. The average Bonchev–Trinajstić information content (AvgIpc) is 2.90. The van der Waals surface area contributed by atoms with Crippen molar-refractivity contribution in [2.45, 2.75) is 64.8 Å². The third-order valence-electron chi connectivity index (χ3n) is 4.10. The number of nitrogens with zero attached hydrogens (tertiary/aromatic N) is 2. The van der Waals surface area contributed by atoms with Crippen molar-refractivity contribution in [1.82, 2.24) is 20.8 Å². The van der Waals surface area contributed by atoms with Crippen LogP contribution >= 0.6 is 0 Å². The van der Waals surface area contributed by atoms with Gasteiger partial charge in [0.05, 0.1) is 6.20 Å². The fourth-order valence-electron chi connectivity index (χ4n) is 2.85. The van der Waals surface area contributed by atoms with E-state index in [1.54, 1.807) is 0 Å².